The molecule has 1 aromatic rings. The van der Waals surface area contributed by atoms with E-state index in [2.05, 4.69) is 5.32 Å². The van der Waals surface area contributed by atoms with E-state index in [1.165, 1.54) is 0 Å². The van der Waals surface area contributed by atoms with Crippen LogP contribution in [0.15, 0.2) is 12.1 Å². The van der Waals surface area contributed by atoms with Crippen molar-refractivity contribution in [1.29, 1.82) is 0 Å². The van der Waals surface area contributed by atoms with Crippen molar-refractivity contribution in [2.75, 3.05) is 6.54 Å². The lowest BCUT2D eigenvalue weighted by atomic mass is 9.79. The zero-order chi connectivity index (χ0) is 16.3. The highest BCUT2D eigenvalue weighted by molar-refractivity contribution is 5.94. The number of amides is 1. The summed E-state index contributed by atoms with van der Waals surface area (Å²) in [6, 6.07) is 1.53. The predicted octanol–water partition coefficient (Wildman–Crippen LogP) is 2.72. The van der Waals surface area contributed by atoms with E-state index in [0.717, 1.165) is 18.9 Å². The Morgan fingerprint density at radius 2 is 1.82 bits per heavy atom. The third-order valence-corrected chi connectivity index (χ3v) is 4.03. The van der Waals surface area contributed by atoms with Crippen molar-refractivity contribution in [3.05, 3.63) is 35.1 Å². The zero-order valence-electron chi connectivity index (χ0n) is 11.7. The largest absolute Gasteiger partial charge is 0.481 e. The van der Waals surface area contributed by atoms with Crippen molar-refractivity contribution in [1.82, 2.24) is 5.32 Å². The molecule has 0 unspecified atom stereocenters. The number of carboxylic acids is 1. The molecule has 0 bridgehead atoms. The quantitative estimate of drug-likeness (QED) is 0.840. The topological polar surface area (TPSA) is 66.4 Å². The molecule has 0 heterocycles. The highest BCUT2D eigenvalue weighted by atomic mass is 19.2. The average Bonchev–Trinajstić information content (AvgIpc) is 2.50. The van der Waals surface area contributed by atoms with Crippen LogP contribution < -0.4 is 5.32 Å². The molecule has 2 atom stereocenters. The normalized spacial score (nSPS) is 21.4. The number of nitrogens with one attached hydrogen (secondary N) is 1. The number of carboxylic acid groups (broad SMARTS) is 1. The molecule has 0 aliphatic heterocycles. The lowest BCUT2D eigenvalue weighted by molar-refractivity contribution is -0.144. The van der Waals surface area contributed by atoms with Gasteiger partial charge in [-0.1, -0.05) is 12.8 Å². The molecule has 1 saturated carbocycles. The van der Waals surface area contributed by atoms with E-state index >= 15 is 0 Å². The van der Waals surface area contributed by atoms with Crippen LogP contribution in [0.5, 0.6) is 0 Å². The summed E-state index contributed by atoms with van der Waals surface area (Å²) in [5.41, 5.74) is -0.596. The number of rotatable bonds is 4. The average molecular weight is 315 g/mol. The van der Waals surface area contributed by atoms with Crippen molar-refractivity contribution in [3.63, 3.8) is 0 Å². The molecule has 120 valence electrons. The van der Waals surface area contributed by atoms with Gasteiger partial charge in [-0.15, -0.1) is 0 Å². The molecule has 1 fully saturated rings. The maximum absolute atomic E-state index is 13.5. The summed E-state index contributed by atoms with van der Waals surface area (Å²) in [5, 5.41) is 11.5. The van der Waals surface area contributed by atoms with E-state index in [1.807, 2.05) is 0 Å². The molecule has 1 amide bonds. The second kappa shape index (κ2) is 6.81. The number of benzene rings is 1. The van der Waals surface area contributed by atoms with Crippen molar-refractivity contribution >= 4 is 11.9 Å². The Morgan fingerprint density at radius 3 is 2.50 bits per heavy atom. The summed E-state index contributed by atoms with van der Waals surface area (Å²) in [5.74, 6) is -7.21. The van der Waals surface area contributed by atoms with Crippen LogP contribution in [0.4, 0.5) is 13.2 Å². The molecule has 7 heteroatoms. The Hall–Kier alpha value is -2.05. The van der Waals surface area contributed by atoms with E-state index < -0.39 is 40.8 Å². The lowest BCUT2D eigenvalue weighted by Crippen LogP contribution is -2.37. The van der Waals surface area contributed by atoms with Gasteiger partial charge in [0.15, 0.2) is 17.5 Å². The van der Waals surface area contributed by atoms with Gasteiger partial charge in [-0.05, 0) is 30.9 Å². The van der Waals surface area contributed by atoms with Gasteiger partial charge in [0.1, 0.15) is 0 Å². The van der Waals surface area contributed by atoms with E-state index in [4.69, 9.17) is 5.11 Å². The van der Waals surface area contributed by atoms with Crippen LogP contribution >= 0.6 is 0 Å². The molecule has 4 nitrogen and oxygen atoms in total. The van der Waals surface area contributed by atoms with Gasteiger partial charge in [0, 0.05) is 6.54 Å². The Morgan fingerprint density at radius 1 is 1.14 bits per heavy atom. The van der Waals surface area contributed by atoms with Crippen LogP contribution in [0.2, 0.25) is 0 Å². The summed E-state index contributed by atoms with van der Waals surface area (Å²) < 4.78 is 39.4. The number of carbonyl (C=O) groups is 2. The minimum atomic E-state index is -1.70. The Labute approximate surface area is 125 Å². The second-order valence-electron chi connectivity index (χ2n) is 5.42. The van der Waals surface area contributed by atoms with Crippen molar-refractivity contribution in [3.8, 4) is 0 Å². The summed E-state index contributed by atoms with van der Waals surface area (Å²) >= 11 is 0. The fourth-order valence-corrected chi connectivity index (χ4v) is 2.80. The molecule has 0 saturated heterocycles. The minimum Gasteiger partial charge on any atom is -0.481 e. The molecule has 1 aliphatic carbocycles. The first-order valence-corrected chi connectivity index (χ1v) is 7.06. The highest BCUT2D eigenvalue weighted by Gasteiger charge is 2.31. The SMILES string of the molecule is O=C(NC[C@@H]1CCCC[C@@H]1C(=O)O)c1ccc(F)c(F)c1F. The Balaban J connectivity index is 2.03. The van der Waals surface area contributed by atoms with Crippen LogP contribution in [-0.4, -0.2) is 23.5 Å². The predicted molar refractivity (Wildman–Crippen MR) is 71.7 cm³/mol. The molecule has 0 spiro atoms. The monoisotopic (exact) mass is 315 g/mol. The number of hydrogen-bond donors (Lipinski definition) is 2. The van der Waals surface area contributed by atoms with Gasteiger partial charge in [0.05, 0.1) is 11.5 Å². The van der Waals surface area contributed by atoms with Gasteiger partial charge in [-0.3, -0.25) is 9.59 Å². The molecule has 1 aliphatic rings. The van der Waals surface area contributed by atoms with Gasteiger partial charge in [0.2, 0.25) is 0 Å². The Kier molecular flexibility index (Phi) is 5.05. The van der Waals surface area contributed by atoms with Crippen LogP contribution in [0, 0.1) is 29.3 Å². The first-order valence-electron chi connectivity index (χ1n) is 7.06. The number of halogens is 3. The summed E-state index contributed by atoms with van der Waals surface area (Å²) in [6.07, 6.45) is 2.87. The fourth-order valence-electron chi connectivity index (χ4n) is 2.80. The van der Waals surface area contributed by atoms with Gasteiger partial charge >= 0.3 is 5.97 Å². The van der Waals surface area contributed by atoms with Crippen LogP contribution in [0.25, 0.3) is 0 Å². The molecule has 2 N–H and O–H groups in total. The van der Waals surface area contributed by atoms with E-state index in [1.54, 1.807) is 0 Å². The van der Waals surface area contributed by atoms with E-state index in [-0.39, 0.29) is 12.5 Å². The van der Waals surface area contributed by atoms with Gasteiger partial charge in [-0.25, -0.2) is 13.2 Å². The standard InChI is InChI=1S/C15H16F3NO3/c16-11-6-5-10(12(17)13(11)18)14(20)19-7-8-3-1-2-4-9(8)15(21)22/h5-6,8-9H,1-4,7H2,(H,19,20)(H,21,22)/t8-,9-/m0/s1. The van der Waals surface area contributed by atoms with Crippen LogP contribution in [0.1, 0.15) is 36.0 Å². The summed E-state index contributed by atoms with van der Waals surface area (Å²) in [7, 11) is 0. The van der Waals surface area contributed by atoms with Crippen LogP contribution in [0.3, 0.4) is 0 Å². The molecule has 0 aromatic heterocycles. The first kappa shape index (κ1) is 16.3. The number of aliphatic carboxylic acids is 1. The smallest absolute Gasteiger partial charge is 0.306 e. The van der Waals surface area contributed by atoms with Crippen LogP contribution in [-0.2, 0) is 4.79 Å². The highest BCUT2D eigenvalue weighted by Crippen LogP contribution is 2.29. The number of hydrogen-bond acceptors (Lipinski definition) is 2. The maximum Gasteiger partial charge on any atom is 0.306 e. The van der Waals surface area contributed by atoms with Crippen molar-refractivity contribution < 1.29 is 27.9 Å². The molecule has 22 heavy (non-hydrogen) atoms. The minimum absolute atomic E-state index is 0.0637. The van der Waals surface area contributed by atoms with Gasteiger partial charge in [0.25, 0.3) is 5.91 Å². The zero-order valence-corrected chi connectivity index (χ0v) is 11.7. The first-order chi connectivity index (χ1) is 10.4. The molecular weight excluding hydrogens is 299 g/mol. The molecular formula is C15H16F3NO3. The van der Waals surface area contributed by atoms with Gasteiger partial charge in [-0.2, -0.15) is 0 Å². The van der Waals surface area contributed by atoms with Crippen molar-refractivity contribution in [2.45, 2.75) is 25.7 Å². The van der Waals surface area contributed by atoms with E-state index in [9.17, 15) is 22.8 Å². The maximum atomic E-state index is 13.5. The lowest BCUT2D eigenvalue weighted by Gasteiger charge is -2.28. The number of carbonyl (C=O) groups excluding carboxylic acids is 1. The Bertz CT molecular complexity index is 592. The third-order valence-electron chi connectivity index (χ3n) is 4.03. The second-order valence-corrected chi connectivity index (χ2v) is 5.42. The van der Waals surface area contributed by atoms with Crippen molar-refractivity contribution in [2.24, 2.45) is 11.8 Å². The van der Waals surface area contributed by atoms with E-state index in [0.29, 0.717) is 18.9 Å². The third kappa shape index (κ3) is 3.40. The molecule has 1 aromatic carbocycles. The summed E-state index contributed by atoms with van der Waals surface area (Å²) in [6.45, 7) is 0.0637. The molecule has 0 radical (unpaired) electrons. The summed E-state index contributed by atoms with van der Waals surface area (Å²) in [4.78, 5) is 23.0. The van der Waals surface area contributed by atoms with Gasteiger partial charge < -0.3 is 10.4 Å². The molecule has 2 rings (SSSR count). The fraction of sp³-hybridized carbons (Fsp3) is 0.467.